The highest BCUT2D eigenvalue weighted by atomic mass is 32.2. The summed E-state index contributed by atoms with van der Waals surface area (Å²) in [5.41, 5.74) is 3.16. The lowest BCUT2D eigenvalue weighted by molar-refractivity contribution is 0.569. The molecule has 0 unspecified atom stereocenters. The van der Waals surface area contributed by atoms with Crippen LogP contribution in [0.3, 0.4) is 0 Å². The smallest absolute Gasteiger partial charge is 0.238 e. The van der Waals surface area contributed by atoms with Crippen LogP contribution in [0.4, 0.5) is 4.39 Å². The fraction of sp³-hybridized carbons (Fsp3) is 0. The summed E-state index contributed by atoms with van der Waals surface area (Å²) in [6.45, 7) is 0. The van der Waals surface area contributed by atoms with E-state index in [4.69, 9.17) is 9.56 Å². The van der Waals surface area contributed by atoms with Gasteiger partial charge in [0, 0.05) is 11.1 Å². The van der Waals surface area contributed by atoms with Gasteiger partial charge >= 0.3 is 0 Å². The minimum atomic E-state index is -3.72. The van der Waals surface area contributed by atoms with Crippen LogP contribution in [0.5, 0.6) is 0 Å². The second kappa shape index (κ2) is 5.40. The highest BCUT2D eigenvalue weighted by Crippen LogP contribution is 2.33. The van der Waals surface area contributed by atoms with Gasteiger partial charge in [-0.2, -0.15) is 0 Å². The maximum absolute atomic E-state index is 13.0. The number of furan rings is 1. The molecule has 2 aromatic carbocycles. The standard InChI is InChI=1S/C16H12FNO3S/c17-13-5-1-11(2-6-13)15-9-21-10-16(15)12-3-7-14(8-4-12)22(18,19)20/h1-10H,(H2,18,19,20). The van der Waals surface area contributed by atoms with Crippen molar-refractivity contribution < 1.29 is 17.2 Å². The van der Waals surface area contributed by atoms with E-state index in [1.165, 1.54) is 24.3 Å². The summed E-state index contributed by atoms with van der Waals surface area (Å²) in [5.74, 6) is -0.314. The molecule has 0 amide bonds. The summed E-state index contributed by atoms with van der Waals surface area (Å²) >= 11 is 0. The lowest BCUT2D eigenvalue weighted by Crippen LogP contribution is -2.11. The van der Waals surface area contributed by atoms with Gasteiger partial charge < -0.3 is 4.42 Å². The fourth-order valence-electron chi connectivity index (χ4n) is 2.20. The third kappa shape index (κ3) is 2.79. The summed E-state index contributed by atoms with van der Waals surface area (Å²) in [5, 5.41) is 5.08. The molecule has 0 aliphatic rings. The summed E-state index contributed by atoms with van der Waals surface area (Å²) in [7, 11) is -3.72. The van der Waals surface area contributed by atoms with Crippen molar-refractivity contribution in [3.8, 4) is 22.3 Å². The fourth-order valence-corrected chi connectivity index (χ4v) is 2.71. The molecule has 6 heteroatoms. The summed E-state index contributed by atoms with van der Waals surface area (Å²) in [6, 6.07) is 12.2. The topological polar surface area (TPSA) is 73.3 Å². The van der Waals surface area contributed by atoms with E-state index in [0.29, 0.717) is 0 Å². The van der Waals surface area contributed by atoms with E-state index in [0.717, 1.165) is 22.3 Å². The molecule has 22 heavy (non-hydrogen) atoms. The van der Waals surface area contributed by atoms with Gasteiger partial charge in [0.15, 0.2) is 0 Å². The van der Waals surface area contributed by atoms with Crippen molar-refractivity contribution in [3.05, 3.63) is 66.9 Å². The molecule has 0 aliphatic heterocycles. The highest BCUT2D eigenvalue weighted by Gasteiger charge is 2.12. The number of hydrogen-bond acceptors (Lipinski definition) is 3. The first-order chi connectivity index (χ1) is 10.4. The van der Waals surface area contributed by atoms with Gasteiger partial charge in [-0.25, -0.2) is 17.9 Å². The Morgan fingerprint density at radius 1 is 0.818 bits per heavy atom. The lowest BCUT2D eigenvalue weighted by atomic mass is 9.99. The first-order valence-corrected chi connectivity index (χ1v) is 7.95. The SMILES string of the molecule is NS(=O)(=O)c1ccc(-c2cocc2-c2ccc(F)cc2)cc1. The summed E-state index contributed by atoms with van der Waals surface area (Å²) in [4.78, 5) is 0.0445. The normalized spacial score (nSPS) is 11.5. The summed E-state index contributed by atoms with van der Waals surface area (Å²) < 4.78 is 40.8. The van der Waals surface area contributed by atoms with Crippen LogP contribution in [0.25, 0.3) is 22.3 Å². The van der Waals surface area contributed by atoms with Crippen LogP contribution in [0.2, 0.25) is 0 Å². The Hall–Kier alpha value is -2.44. The Bertz CT molecular complexity index is 897. The second-order valence-electron chi connectivity index (χ2n) is 4.78. The third-order valence-electron chi connectivity index (χ3n) is 3.31. The molecule has 0 aliphatic carbocycles. The number of sulfonamides is 1. The van der Waals surface area contributed by atoms with Crippen molar-refractivity contribution in [3.63, 3.8) is 0 Å². The van der Waals surface area contributed by atoms with Gasteiger partial charge in [0.2, 0.25) is 10.0 Å². The molecule has 3 aromatic rings. The first kappa shape index (κ1) is 14.5. The Morgan fingerprint density at radius 2 is 1.27 bits per heavy atom. The molecule has 2 N–H and O–H groups in total. The Labute approximate surface area is 127 Å². The molecule has 112 valence electrons. The van der Waals surface area contributed by atoms with E-state index in [1.807, 2.05) is 0 Å². The summed E-state index contributed by atoms with van der Waals surface area (Å²) in [6.07, 6.45) is 3.13. The number of hydrogen-bond donors (Lipinski definition) is 1. The van der Waals surface area contributed by atoms with Crippen molar-refractivity contribution in [2.45, 2.75) is 4.90 Å². The van der Waals surface area contributed by atoms with Gasteiger partial charge in [-0.3, -0.25) is 0 Å². The van der Waals surface area contributed by atoms with Crippen LogP contribution in [-0.4, -0.2) is 8.42 Å². The van der Waals surface area contributed by atoms with Gasteiger partial charge in [-0.1, -0.05) is 24.3 Å². The number of primary sulfonamides is 1. The van der Waals surface area contributed by atoms with Crippen LogP contribution in [0, 0.1) is 5.82 Å². The second-order valence-corrected chi connectivity index (χ2v) is 6.34. The van der Waals surface area contributed by atoms with E-state index in [-0.39, 0.29) is 10.7 Å². The van der Waals surface area contributed by atoms with E-state index in [9.17, 15) is 12.8 Å². The van der Waals surface area contributed by atoms with Crippen molar-refractivity contribution >= 4 is 10.0 Å². The molecule has 0 fully saturated rings. The number of rotatable bonds is 3. The molecular formula is C16H12FNO3S. The number of halogens is 1. The maximum atomic E-state index is 13.0. The van der Waals surface area contributed by atoms with Crippen molar-refractivity contribution in [1.29, 1.82) is 0 Å². The molecular weight excluding hydrogens is 305 g/mol. The van der Waals surface area contributed by atoms with E-state index >= 15 is 0 Å². The quantitative estimate of drug-likeness (QED) is 0.804. The zero-order valence-corrected chi connectivity index (χ0v) is 12.2. The van der Waals surface area contributed by atoms with Gasteiger partial charge in [0.25, 0.3) is 0 Å². The average Bonchev–Trinajstić information content (AvgIpc) is 2.97. The van der Waals surface area contributed by atoms with Gasteiger partial charge in [-0.05, 0) is 35.4 Å². The van der Waals surface area contributed by atoms with Crippen LogP contribution in [-0.2, 0) is 10.0 Å². The van der Waals surface area contributed by atoms with Crippen LogP contribution in [0.15, 0.2) is 70.4 Å². The molecule has 1 heterocycles. The first-order valence-electron chi connectivity index (χ1n) is 6.40. The van der Waals surface area contributed by atoms with Gasteiger partial charge in [-0.15, -0.1) is 0 Å². The minimum absolute atomic E-state index is 0.0445. The Morgan fingerprint density at radius 3 is 1.73 bits per heavy atom. The Balaban J connectivity index is 2.03. The van der Waals surface area contributed by atoms with Gasteiger partial charge in [0.05, 0.1) is 17.4 Å². The molecule has 0 saturated carbocycles. The number of benzene rings is 2. The molecule has 0 radical (unpaired) electrons. The van der Waals surface area contributed by atoms with Crippen LogP contribution < -0.4 is 5.14 Å². The molecule has 0 saturated heterocycles. The maximum Gasteiger partial charge on any atom is 0.238 e. The number of nitrogens with two attached hydrogens (primary N) is 1. The van der Waals surface area contributed by atoms with Crippen molar-refractivity contribution in [1.82, 2.24) is 0 Å². The molecule has 1 aromatic heterocycles. The predicted molar refractivity (Wildman–Crippen MR) is 80.9 cm³/mol. The van der Waals surface area contributed by atoms with Crippen molar-refractivity contribution in [2.75, 3.05) is 0 Å². The zero-order chi connectivity index (χ0) is 15.7. The minimum Gasteiger partial charge on any atom is -0.471 e. The van der Waals surface area contributed by atoms with Crippen molar-refractivity contribution in [2.24, 2.45) is 5.14 Å². The molecule has 3 rings (SSSR count). The lowest BCUT2D eigenvalue weighted by Gasteiger charge is -2.05. The molecule has 4 nitrogen and oxygen atoms in total. The zero-order valence-electron chi connectivity index (χ0n) is 11.4. The highest BCUT2D eigenvalue weighted by molar-refractivity contribution is 7.89. The van der Waals surface area contributed by atoms with E-state index in [1.54, 1.807) is 36.8 Å². The largest absolute Gasteiger partial charge is 0.471 e. The van der Waals surface area contributed by atoms with E-state index in [2.05, 4.69) is 0 Å². The van der Waals surface area contributed by atoms with Gasteiger partial charge in [0.1, 0.15) is 5.82 Å². The van der Waals surface area contributed by atoms with Crippen LogP contribution >= 0.6 is 0 Å². The average molecular weight is 317 g/mol. The Kier molecular flexibility index (Phi) is 3.56. The predicted octanol–water partition coefficient (Wildman–Crippen LogP) is 3.40. The monoisotopic (exact) mass is 317 g/mol. The third-order valence-corrected chi connectivity index (χ3v) is 4.24. The van der Waals surface area contributed by atoms with E-state index < -0.39 is 10.0 Å². The molecule has 0 atom stereocenters. The van der Waals surface area contributed by atoms with Crippen LogP contribution in [0.1, 0.15) is 0 Å². The molecule has 0 spiro atoms. The molecule has 0 bridgehead atoms.